The van der Waals surface area contributed by atoms with Gasteiger partial charge in [0, 0.05) is 12.1 Å². The van der Waals surface area contributed by atoms with E-state index in [-0.39, 0.29) is 11.7 Å². The molecule has 1 amide bonds. The van der Waals surface area contributed by atoms with Gasteiger partial charge in [0.2, 0.25) is 0 Å². The molecule has 5 heteroatoms. The molecule has 1 N–H and O–H groups in total. The molecule has 0 saturated heterocycles. The van der Waals surface area contributed by atoms with Crippen molar-refractivity contribution in [1.29, 1.82) is 0 Å². The van der Waals surface area contributed by atoms with E-state index in [1.165, 1.54) is 6.42 Å². The molecular formula is C13H13BrN2O2. The molecule has 1 heterocycles. The van der Waals surface area contributed by atoms with Crippen LogP contribution in [0.2, 0.25) is 0 Å². The number of hydrogen-bond donors (Lipinski definition) is 1. The van der Waals surface area contributed by atoms with Gasteiger partial charge in [-0.2, -0.15) is 5.10 Å². The zero-order valence-electron chi connectivity index (χ0n) is 9.67. The Morgan fingerprint density at radius 2 is 2.33 bits per heavy atom. The van der Waals surface area contributed by atoms with Crippen LogP contribution in [-0.4, -0.2) is 12.1 Å². The third-order valence-corrected chi connectivity index (χ3v) is 3.99. The largest absolute Gasteiger partial charge is 0.444 e. The first-order valence-electron chi connectivity index (χ1n) is 5.99. The van der Waals surface area contributed by atoms with E-state index in [1.807, 2.05) is 6.21 Å². The molecular weight excluding hydrogens is 296 g/mol. The van der Waals surface area contributed by atoms with Crippen molar-refractivity contribution in [2.45, 2.75) is 12.8 Å². The highest BCUT2D eigenvalue weighted by atomic mass is 79.9. The Balaban J connectivity index is 1.55. The molecule has 94 valence electrons. The molecule has 2 aliphatic carbocycles. The summed E-state index contributed by atoms with van der Waals surface area (Å²) in [6, 6.07) is 3.29. The van der Waals surface area contributed by atoms with E-state index in [1.54, 1.807) is 12.1 Å². The van der Waals surface area contributed by atoms with Crippen molar-refractivity contribution in [2.75, 3.05) is 0 Å². The van der Waals surface area contributed by atoms with E-state index in [9.17, 15) is 4.79 Å². The molecule has 3 atom stereocenters. The summed E-state index contributed by atoms with van der Waals surface area (Å²) in [4.78, 5) is 11.6. The fraction of sp³-hybridized carbons (Fsp3) is 0.385. The molecule has 0 aromatic carbocycles. The van der Waals surface area contributed by atoms with Crippen LogP contribution in [0.25, 0.3) is 0 Å². The lowest BCUT2D eigenvalue weighted by Gasteiger charge is -2.11. The predicted molar refractivity (Wildman–Crippen MR) is 71.2 cm³/mol. The minimum atomic E-state index is -0.323. The van der Waals surface area contributed by atoms with Gasteiger partial charge in [0.15, 0.2) is 10.4 Å². The molecule has 1 saturated carbocycles. The summed E-state index contributed by atoms with van der Waals surface area (Å²) in [7, 11) is 0. The molecule has 3 unspecified atom stereocenters. The zero-order chi connectivity index (χ0) is 12.5. The highest BCUT2D eigenvalue weighted by Crippen LogP contribution is 2.42. The Labute approximate surface area is 113 Å². The van der Waals surface area contributed by atoms with Crippen LogP contribution in [0.4, 0.5) is 0 Å². The normalized spacial score (nSPS) is 29.3. The van der Waals surface area contributed by atoms with Crippen molar-refractivity contribution in [3.63, 3.8) is 0 Å². The van der Waals surface area contributed by atoms with E-state index in [2.05, 4.69) is 38.6 Å². The number of rotatable bonds is 3. The summed E-state index contributed by atoms with van der Waals surface area (Å²) in [6.45, 7) is 0. The SMILES string of the molecule is O=C(N/N=C/C1CC2C=CC1C2)c1ccc(Br)o1. The van der Waals surface area contributed by atoms with Gasteiger partial charge in [-0.25, -0.2) is 5.43 Å². The van der Waals surface area contributed by atoms with E-state index in [0.29, 0.717) is 22.4 Å². The van der Waals surface area contributed by atoms with Crippen LogP contribution in [0, 0.1) is 17.8 Å². The van der Waals surface area contributed by atoms with Gasteiger partial charge in [0.25, 0.3) is 0 Å². The lowest BCUT2D eigenvalue weighted by atomic mass is 9.95. The predicted octanol–water partition coefficient (Wildman–Crippen LogP) is 2.97. The Hall–Kier alpha value is -1.36. The molecule has 0 spiro atoms. The van der Waals surface area contributed by atoms with Crippen molar-refractivity contribution in [1.82, 2.24) is 5.43 Å². The molecule has 3 rings (SSSR count). The van der Waals surface area contributed by atoms with Crippen molar-refractivity contribution >= 4 is 28.1 Å². The van der Waals surface area contributed by atoms with Crippen molar-refractivity contribution < 1.29 is 9.21 Å². The number of carbonyl (C=O) groups excluding carboxylic acids is 1. The maximum atomic E-state index is 11.6. The second kappa shape index (κ2) is 4.72. The first-order chi connectivity index (χ1) is 8.72. The van der Waals surface area contributed by atoms with Crippen LogP contribution in [0.1, 0.15) is 23.4 Å². The highest BCUT2D eigenvalue weighted by Gasteiger charge is 2.34. The number of hydrogen-bond acceptors (Lipinski definition) is 3. The number of amides is 1. The number of carbonyl (C=O) groups is 1. The third kappa shape index (κ3) is 2.27. The second-order valence-corrected chi connectivity index (χ2v) is 5.55. The van der Waals surface area contributed by atoms with Gasteiger partial charge in [0.1, 0.15) is 0 Å². The minimum Gasteiger partial charge on any atom is -0.444 e. The Bertz CT molecular complexity index is 521. The summed E-state index contributed by atoms with van der Waals surface area (Å²) < 4.78 is 5.67. The molecule has 4 nitrogen and oxygen atoms in total. The van der Waals surface area contributed by atoms with Gasteiger partial charge in [-0.3, -0.25) is 4.79 Å². The maximum absolute atomic E-state index is 11.6. The Kier molecular flexibility index (Phi) is 3.07. The van der Waals surface area contributed by atoms with Gasteiger partial charge in [-0.05, 0) is 52.7 Å². The van der Waals surface area contributed by atoms with Crippen LogP contribution in [0.15, 0.2) is 38.5 Å². The van der Waals surface area contributed by atoms with Crippen molar-refractivity contribution in [3.05, 3.63) is 34.7 Å². The zero-order valence-corrected chi connectivity index (χ0v) is 11.3. The average molecular weight is 309 g/mol. The first kappa shape index (κ1) is 11.7. The van der Waals surface area contributed by atoms with Gasteiger partial charge in [-0.15, -0.1) is 0 Å². The summed E-state index contributed by atoms with van der Waals surface area (Å²) in [5.41, 5.74) is 2.49. The maximum Gasteiger partial charge on any atom is 0.307 e. The van der Waals surface area contributed by atoms with Gasteiger partial charge in [0.05, 0.1) is 0 Å². The lowest BCUT2D eigenvalue weighted by molar-refractivity contribution is 0.0926. The molecule has 0 radical (unpaired) electrons. The van der Waals surface area contributed by atoms with E-state index in [0.717, 1.165) is 6.42 Å². The van der Waals surface area contributed by atoms with Crippen molar-refractivity contribution in [3.8, 4) is 0 Å². The van der Waals surface area contributed by atoms with Crippen LogP contribution in [0.3, 0.4) is 0 Å². The number of fused-ring (bicyclic) bond motifs is 2. The fourth-order valence-electron chi connectivity index (χ4n) is 2.68. The number of hydrazone groups is 1. The van der Waals surface area contributed by atoms with E-state index in [4.69, 9.17) is 4.42 Å². The average Bonchev–Trinajstić information content (AvgIpc) is 3.04. The quantitative estimate of drug-likeness (QED) is 0.530. The van der Waals surface area contributed by atoms with Gasteiger partial charge >= 0.3 is 5.91 Å². The lowest BCUT2D eigenvalue weighted by Crippen LogP contribution is -2.18. The number of allylic oxidation sites excluding steroid dienone is 2. The molecule has 1 aromatic heterocycles. The molecule has 0 aliphatic heterocycles. The standard InChI is InChI=1S/C13H13BrN2O2/c14-12-4-3-11(18-12)13(17)16-15-7-10-6-8-1-2-9(10)5-8/h1-4,7-10H,5-6H2,(H,16,17)/b15-7+. The topological polar surface area (TPSA) is 54.6 Å². The molecule has 2 aliphatic rings. The number of halogens is 1. The second-order valence-electron chi connectivity index (χ2n) is 4.77. The smallest absolute Gasteiger partial charge is 0.307 e. The van der Waals surface area contributed by atoms with E-state index >= 15 is 0 Å². The number of nitrogens with one attached hydrogen (secondary N) is 1. The highest BCUT2D eigenvalue weighted by molar-refractivity contribution is 9.10. The Morgan fingerprint density at radius 1 is 1.44 bits per heavy atom. The molecule has 1 aromatic rings. The van der Waals surface area contributed by atoms with E-state index < -0.39 is 0 Å². The first-order valence-corrected chi connectivity index (χ1v) is 6.79. The van der Waals surface area contributed by atoms with Gasteiger partial charge in [-0.1, -0.05) is 12.2 Å². The molecule has 1 fully saturated rings. The van der Waals surface area contributed by atoms with Gasteiger partial charge < -0.3 is 4.42 Å². The van der Waals surface area contributed by atoms with Crippen LogP contribution in [0.5, 0.6) is 0 Å². The number of furan rings is 1. The summed E-state index contributed by atoms with van der Waals surface area (Å²) in [5, 5.41) is 4.02. The fourth-order valence-corrected chi connectivity index (χ4v) is 2.98. The summed E-state index contributed by atoms with van der Waals surface area (Å²) in [6.07, 6.45) is 8.77. The van der Waals surface area contributed by atoms with Crippen LogP contribution in [-0.2, 0) is 0 Å². The Morgan fingerprint density at radius 3 is 2.94 bits per heavy atom. The molecule has 18 heavy (non-hydrogen) atoms. The number of nitrogens with zero attached hydrogens (tertiary/aromatic N) is 1. The summed E-state index contributed by atoms with van der Waals surface area (Å²) >= 11 is 3.15. The van der Waals surface area contributed by atoms with Crippen LogP contribution >= 0.6 is 15.9 Å². The van der Waals surface area contributed by atoms with Crippen LogP contribution < -0.4 is 5.43 Å². The molecule has 2 bridgehead atoms. The van der Waals surface area contributed by atoms with Crippen molar-refractivity contribution in [2.24, 2.45) is 22.9 Å². The third-order valence-electron chi connectivity index (χ3n) is 3.56. The minimum absolute atomic E-state index is 0.256. The monoisotopic (exact) mass is 308 g/mol. The summed E-state index contributed by atoms with van der Waals surface area (Å²) in [5.74, 6) is 1.71.